The van der Waals surface area contributed by atoms with E-state index in [1.807, 2.05) is 60.5 Å². The maximum atomic E-state index is 14.5. The van der Waals surface area contributed by atoms with Gasteiger partial charge in [-0.15, -0.1) is 11.8 Å². The first-order chi connectivity index (χ1) is 15.9. The predicted octanol–water partition coefficient (Wildman–Crippen LogP) is 5.27. The van der Waals surface area contributed by atoms with E-state index < -0.39 is 11.0 Å². The van der Waals surface area contributed by atoms with Gasteiger partial charge in [0.15, 0.2) is 22.9 Å². The molecule has 0 aromatic heterocycles. The van der Waals surface area contributed by atoms with Crippen LogP contribution in [0.4, 0.5) is 0 Å². The third kappa shape index (κ3) is 2.49. The second-order valence-corrected chi connectivity index (χ2v) is 10.9. The summed E-state index contributed by atoms with van der Waals surface area (Å²) in [6, 6.07) is 22.4. The van der Waals surface area contributed by atoms with Gasteiger partial charge in [0.25, 0.3) is 0 Å². The number of likely N-dealkylation sites (tertiary alicyclic amines) is 1. The maximum absolute atomic E-state index is 14.5. The summed E-state index contributed by atoms with van der Waals surface area (Å²) in [4.78, 5) is 45.6. The van der Waals surface area contributed by atoms with Crippen molar-refractivity contribution >= 4 is 45.0 Å². The van der Waals surface area contributed by atoms with Crippen LogP contribution in [-0.2, 0) is 0 Å². The van der Waals surface area contributed by atoms with Crippen LogP contribution in [0.5, 0.6) is 0 Å². The highest BCUT2D eigenvalue weighted by Crippen LogP contribution is 2.63. The molecule has 164 valence electrons. The molecule has 1 aliphatic carbocycles. The number of likely N-dealkylation sites (N-methyl/N-ethyl adjacent to an activating group) is 1. The second-order valence-electron chi connectivity index (χ2n) is 8.99. The Kier molecular flexibility index (Phi) is 4.60. The van der Waals surface area contributed by atoms with E-state index >= 15 is 0 Å². The van der Waals surface area contributed by atoms with Gasteiger partial charge in [0.2, 0.25) is 0 Å². The molecule has 0 radical (unpaired) electrons. The van der Waals surface area contributed by atoms with Crippen molar-refractivity contribution in [3.8, 4) is 0 Å². The SMILES string of the molecule is CN1C[C@@H](c2cccc(Br)c2)[C@@]2(CSc3ccccc3C2=O)C12C(=O)c1ccccc1C2=O. The Morgan fingerprint density at radius 1 is 0.848 bits per heavy atom. The summed E-state index contributed by atoms with van der Waals surface area (Å²) in [7, 11) is 1.82. The summed E-state index contributed by atoms with van der Waals surface area (Å²) in [5.74, 6) is -0.556. The van der Waals surface area contributed by atoms with Gasteiger partial charge in [-0.25, -0.2) is 0 Å². The zero-order chi connectivity index (χ0) is 23.0. The number of halogens is 1. The van der Waals surface area contributed by atoms with Crippen LogP contribution in [0.3, 0.4) is 0 Å². The van der Waals surface area contributed by atoms with Crippen molar-refractivity contribution in [2.24, 2.45) is 5.41 Å². The van der Waals surface area contributed by atoms with Crippen LogP contribution < -0.4 is 0 Å². The van der Waals surface area contributed by atoms with E-state index in [0.717, 1.165) is 14.9 Å². The Labute approximate surface area is 204 Å². The monoisotopic (exact) mass is 517 g/mol. The summed E-state index contributed by atoms with van der Waals surface area (Å²) in [5, 5.41) is 0. The number of carbonyl (C=O) groups excluding carboxylic acids is 3. The van der Waals surface area contributed by atoms with Gasteiger partial charge < -0.3 is 0 Å². The fraction of sp³-hybridized carbons (Fsp3) is 0.222. The van der Waals surface area contributed by atoms with Gasteiger partial charge in [-0.05, 0) is 30.8 Å². The van der Waals surface area contributed by atoms with Crippen LogP contribution in [0, 0.1) is 5.41 Å². The van der Waals surface area contributed by atoms with Crippen molar-refractivity contribution < 1.29 is 14.4 Å². The molecule has 4 nitrogen and oxygen atoms in total. The zero-order valence-electron chi connectivity index (χ0n) is 17.9. The molecule has 1 fully saturated rings. The fourth-order valence-electron chi connectivity index (χ4n) is 6.20. The summed E-state index contributed by atoms with van der Waals surface area (Å²) in [5.41, 5.74) is -0.380. The maximum Gasteiger partial charge on any atom is 0.192 e. The second kappa shape index (κ2) is 7.23. The zero-order valence-corrected chi connectivity index (χ0v) is 20.3. The highest BCUT2D eigenvalue weighted by atomic mass is 79.9. The molecule has 2 atom stereocenters. The fourth-order valence-corrected chi connectivity index (χ4v) is 8.03. The summed E-state index contributed by atoms with van der Waals surface area (Å²) < 4.78 is 0.905. The van der Waals surface area contributed by atoms with Crippen LogP contribution in [0.25, 0.3) is 0 Å². The Bertz CT molecular complexity index is 1330. The summed E-state index contributed by atoms with van der Waals surface area (Å²) >= 11 is 5.14. The lowest BCUT2D eigenvalue weighted by Crippen LogP contribution is -2.66. The number of fused-ring (bicyclic) bond motifs is 3. The Morgan fingerprint density at radius 3 is 2.15 bits per heavy atom. The third-order valence-electron chi connectivity index (χ3n) is 7.59. The van der Waals surface area contributed by atoms with Gasteiger partial charge in [0, 0.05) is 44.3 Å². The van der Waals surface area contributed by atoms with E-state index in [-0.39, 0.29) is 23.3 Å². The molecule has 1 saturated heterocycles. The molecule has 0 amide bonds. The smallest absolute Gasteiger partial charge is 0.192 e. The van der Waals surface area contributed by atoms with Gasteiger partial charge in [-0.1, -0.05) is 70.5 Å². The number of hydrogen-bond donors (Lipinski definition) is 0. The average Bonchev–Trinajstić information content (AvgIpc) is 3.23. The lowest BCUT2D eigenvalue weighted by atomic mass is 9.58. The summed E-state index contributed by atoms with van der Waals surface area (Å²) in [6.07, 6.45) is 0. The van der Waals surface area contributed by atoms with Gasteiger partial charge in [0.05, 0.1) is 5.41 Å². The highest BCUT2D eigenvalue weighted by Gasteiger charge is 2.76. The molecule has 0 N–H and O–H groups in total. The Morgan fingerprint density at radius 2 is 1.48 bits per heavy atom. The average molecular weight is 518 g/mol. The van der Waals surface area contributed by atoms with E-state index in [4.69, 9.17) is 0 Å². The first-order valence-electron chi connectivity index (χ1n) is 10.8. The van der Waals surface area contributed by atoms with E-state index in [9.17, 15) is 14.4 Å². The number of carbonyl (C=O) groups is 3. The van der Waals surface area contributed by atoms with E-state index in [1.54, 1.807) is 36.0 Å². The molecule has 0 saturated carbocycles. The van der Waals surface area contributed by atoms with Crippen LogP contribution >= 0.6 is 27.7 Å². The van der Waals surface area contributed by atoms with Crippen molar-refractivity contribution in [1.29, 1.82) is 0 Å². The van der Waals surface area contributed by atoms with Crippen LogP contribution in [-0.4, -0.2) is 47.1 Å². The quantitative estimate of drug-likeness (QED) is 0.411. The normalized spacial score (nSPS) is 25.6. The first-order valence-corrected chi connectivity index (χ1v) is 12.6. The molecule has 0 unspecified atom stereocenters. The number of ketones is 3. The lowest BCUT2D eigenvalue weighted by Gasteiger charge is -2.46. The lowest BCUT2D eigenvalue weighted by molar-refractivity contribution is 0.0361. The number of nitrogens with zero attached hydrogens (tertiary/aromatic N) is 1. The number of hydrogen-bond acceptors (Lipinski definition) is 5. The van der Waals surface area contributed by atoms with Crippen molar-refractivity contribution in [2.45, 2.75) is 16.4 Å². The minimum absolute atomic E-state index is 0.110. The number of rotatable bonds is 1. The Balaban J connectivity index is 1.67. The van der Waals surface area contributed by atoms with Gasteiger partial charge in [-0.2, -0.15) is 0 Å². The highest BCUT2D eigenvalue weighted by molar-refractivity contribution is 9.10. The largest absolute Gasteiger partial charge is 0.293 e. The summed E-state index contributed by atoms with van der Waals surface area (Å²) in [6.45, 7) is 0.441. The van der Waals surface area contributed by atoms with Crippen molar-refractivity contribution in [3.05, 3.63) is 99.5 Å². The molecule has 3 aliphatic rings. The molecule has 3 aromatic carbocycles. The number of thioether (sulfide) groups is 1. The van der Waals surface area contributed by atoms with Crippen molar-refractivity contribution in [2.75, 3.05) is 19.3 Å². The number of benzene rings is 3. The third-order valence-corrected chi connectivity index (χ3v) is 9.35. The van der Waals surface area contributed by atoms with Crippen molar-refractivity contribution in [1.82, 2.24) is 4.90 Å². The van der Waals surface area contributed by atoms with Crippen molar-refractivity contribution in [3.63, 3.8) is 0 Å². The molecule has 33 heavy (non-hydrogen) atoms. The molecule has 2 heterocycles. The molecule has 0 bridgehead atoms. The van der Waals surface area contributed by atoms with Crippen LogP contribution in [0.15, 0.2) is 82.2 Å². The number of Topliss-reactive ketones (excluding diaryl/α,β-unsaturated/α-hetero) is 3. The minimum atomic E-state index is -1.55. The van der Waals surface area contributed by atoms with Crippen LogP contribution in [0.2, 0.25) is 0 Å². The standard InChI is InChI=1S/C27H20BrNO3S/c1-29-14-21(16-7-6-8-17(28)13-16)26(15-33-22-12-5-4-11-20(22)23(26)30)27(29)24(31)18-9-2-3-10-19(18)25(27)32/h2-13,21H,14-15H2,1H3/t21-,26+/m0/s1. The first kappa shape index (κ1) is 21.0. The minimum Gasteiger partial charge on any atom is -0.293 e. The van der Waals surface area contributed by atoms with E-state index in [1.165, 1.54) is 0 Å². The molecular weight excluding hydrogens is 498 g/mol. The predicted molar refractivity (Wildman–Crippen MR) is 131 cm³/mol. The van der Waals surface area contributed by atoms with E-state index in [2.05, 4.69) is 15.9 Å². The molecule has 6 rings (SSSR count). The van der Waals surface area contributed by atoms with Crippen LogP contribution in [0.1, 0.15) is 42.6 Å². The van der Waals surface area contributed by atoms with E-state index in [0.29, 0.717) is 29.0 Å². The van der Waals surface area contributed by atoms with Gasteiger partial charge >= 0.3 is 0 Å². The molecule has 2 aliphatic heterocycles. The van der Waals surface area contributed by atoms with Gasteiger partial charge in [-0.3, -0.25) is 19.3 Å². The molecular formula is C27H20BrNO3S. The van der Waals surface area contributed by atoms with Gasteiger partial charge in [0.1, 0.15) is 0 Å². The molecule has 2 spiro atoms. The molecule has 3 aromatic rings. The molecule has 6 heteroatoms. The topological polar surface area (TPSA) is 54.5 Å². The Hall–Kier alpha value is -2.54.